The average Bonchev–Trinajstić information content (AvgIpc) is 2.29. The number of nitrogens with zero attached hydrogens (tertiary/aromatic N) is 1. The highest BCUT2D eigenvalue weighted by Gasteiger charge is 2.20. The molecule has 0 aromatic rings. The Labute approximate surface area is 90.0 Å². The minimum absolute atomic E-state index is 0.159. The van der Waals surface area contributed by atoms with Crippen LogP contribution in [0.5, 0.6) is 0 Å². The first-order valence-electron chi connectivity index (χ1n) is 4.66. The maximum absolute atomic E-state index is 8.72. The highest BCUT2D eigenvalue weighted by Crippen LogP contribution is 2.15. The molecule has 0 aromatic carbocycles. The summed E-state index contributed by atoms with van der Waals surface area (Å²) in [6, 6.07) is 2.07. The van der Waals surface area contributed by atoms with Crippen LogP contribution in [0.25, 0.3) is 0 Å². The van der Waals surface area contributed by atoms with Crippen molar-refractivity contribution >= 4 is 0 Å². The largest absolute Gasteiger partial charge is 0.374 e. The molecular formula is C12H13NO2. The lowest BCUT2D eigenvalue weighted by atomic mass is 10.0. The van der Waals surface area contributed by atoms with E-state index in [0.29, 0.717) is 12.2 Å². The van der Waals surface area contributed by atoms with Crippen LogP contribution < -0.4 is 0 Å². The molecule has 0 saturated heterocycles. The molecule has 0 bridgehead atoms. The normalized spacial score (nSPS) is 23.7. The fraction of sp³-hybridized carbons (Fsp3) is 0.417. The molecule has 2 unspecified atom stereocenters. The molecule has 15 heavy (non-hydrogen) atoms. The highest BCUT2D eigenvalue weighted by atomic mass is 16.5. The predicted molar refractivity (Wildman–Crippen MR) is 56.8 cm³/mol. The third-order valence-corrected chi connectivity index (χ3v) is 2.06. The minimum Gasteiger partial charge on any atom is -0.374 e. The van der Waals surface area contributed by atoms with E-state index in [2.05, 4.69) is 17.9 Å². The van der Waals surface area contributed by atoms with Gasteiger partial charge in [0.05, 0.1) is 11.6 Å². The fourth-order valence-corrected chi connectivity index (χ4v) is 1.27. The average molecular weight is 203 g/mol. The standard InChI is InChI=1S/C12H13NO2/c1-3-4-7-15-11-6-5-10(9-13)8-12(11)14-2/h5-6,8,11-12H,7H2,1-2H3. The van der Waals surface area contributed by atoms with Crippen molar-refractivity contribution < 1.29 is 9.47 Å². The van der Waals surface area contributed by atoms with Gasteiger partial charge in [0.1, 0.15) is 18.8 Å². The number of nitriles is 1. The van der Waals surface area contributed by atoms with E-state index in [1.807, 2.05) is 6.08 Å². The molecule has 0 spiro atoms. The van der Waals surface area contributed by atoms with E-state index in [9.17, 15) is 0 Å². The van der Waals surface area contributed by atoms with Crippen molar-refractivity contribution in [1.82, 2.24) is 0 Å². The Bertz CT molecular complexity index is 365. The van der Waals surface area contributed by atoms with Crippen molar-refractivity contribution in [1.29, 1.82) is 5.26 Å². The second-order valence-electron chi connectivity index (χ2n) is 3.00. The monoisotopic (exact) mass is 203 g/mol. The van der Waals surface area contributed by atoms with Gasteiger partial charge in [-0.2, -0.15) is 5.26 Å². The van der Waals surface area contributed by atoms with E-state index < -0.39 is 0 Å². The van der Waals surface area contributed by atoms with Crippen LogP contribution in [0.3, 0.4) is 0 Å². The molecule has 2 atom stereocenters. The molecule has 0 aromatic heterocycles. The van der Waals surface area contributed by atoms with Crippen LogP contribution in [-0.4, -0.2) is 25.9 Å². The van der Waals surface area contributed by atoms with Crippen molar-refractivity contribution in [2.75, 3.05) is 13.7 Å². The van der Waals surface area contributed by atoms with Crippen LogP contribution in [0.15, 0.2) is 23.8 Å². The SMILES string of the molecule is CC#CCOC1C=CC(C#N)=CC1OC. The Balaban J connectivity index is 2.60. The Morgan fingerprint density at radius 3 is 2.87 bits per heavy atom. The zero-order valence-corrected chi connectivity index (χ0v) is 8.86. The third-order valence-electron chi connectivity index (χ3n) is 2.06. The van der Waals surface area contributed by atoms with E-state index in [0.717, 1.165) is 0 Å². The maximum Gasteiger partial charge on any atom is 0.108 e. The number of allylic oxidation sites excluding steroid dienone is 2. The van der Waals surface area contributed by atoms with Gasteiger partial charge in [0.25, 0.3) is 0 Å². The molecule has 0 aliphatic heterocycles. The van der Waals surface area contributed by atoms with Gasteiger partial charge in [-0.1, -0.05) is 12.0 Å². The van der Waals surface area contributed by atoms with Gasteiger partial charge < -0.3 is 9.47 Å². The molecule has 78 valence electrons. The van der Waals surface area contributed by atoms with Crippen molar-refractivity contribution in [3.63, 3.8) is 0 Å². The second-order valence-corrected chi connectivity index (χ2v) is 3.00. The van der Waals surface area contributed by atoms with E-state index >= 15 is 0 Å². The quantitative estimate of drug-likeness (QED) is 0.651. The molecule has 1 rings (SSSR count). The maximum atomic E-state index is 8.72. The van der Waals surface area contributed by atoms with Crippen molar-refractivity contribution in [2.24, 2.45) is 0 Å². The van der Waals surface area contributed by atoms with Crippen molar-refractivity contribution in [3.8, 4) is 17.9 Å². The summed E-state index contributed by atoms with van der Waals surface area (Å²) in [6.07, 6.45) is 4.95. The van der Waals surface area contributed by atoms with Gasteiger partial charge in [0.2, 0.25) is 0 Å². The third kappa shape index (κ3) is 3.25. The Hall–Kier alpha value is -1.55. The van der Waals surface area contributed by atoms with Crippen LogP contribution in [0.4, 0.5) is 0 Å². The first-order valence-corrected chi connectivity index (χ1v) is 4.66. The Kier molecular flexibility index (Phi) is 4.63. The van der Waals surface area contributed by atoms with E-state index in [-0.39, 0.29) is 12.2 Å². The summed E-state index contributed by atoms with van der Waals surface area (Å²) in [7, 11) is 1.59. The van der Waals surface area contributed by atoms with Gasteiger partial charge in [-0.05, 0) is 19.1 Å². The van der Waals surface area contributed by atoms with Crippen molar-refractivity contribution in [2.45, 2.75) is 19.1 Å². The lowest BCUT2D eigenvalue weighted by Crippen LogP contribution is -2.29. The van der Waals surface area contributed by atoms with Crippen LogP contribution in [-0.2, 0) is 9.47 Å². The number of ether oxygens (including phenoxy) is 2. The highest BCUT2D eigenvalue weighted by molar-refractivity contribution is 5.38. The molecule has 0 N–H and O–H groups in total. The zero-order chi connectivity index (χ0) is 11.1. The van der Waals surface area contributed by atoms with Crippen LogP contribution >= 0.6 is 0 Å². The smallest absolute Gasteiger partial charge is 0.108 e. The first kappa shape index (κ1) is 11.5. The summed E-state index contributed by atoms with van der Waals surface area (Å²) in [4.78, 5) is 0. The van der Waals surface area contributed by atoms with E-state index in [1.165, 1.54) is 0 Å². The molecule has 3 heteroatoms. The van der Waals surface area contributed by atoms with Gasteiger partial charge in [-0.25, -0.2) is 0 Å². The summed E-state index contributed by atoms with van der Waals surface area (Å²) in [5, 5.41) is 8.72. The van der Waals surface area contributed by atoms with Gasteiger partial charge >= 0.3 is 0 Å². The first-order chi connectivity index (χ1) is 7.31. The minimum atomic E-state index is -0.205. The lowest BCUT2D eigenvalue weighted by molar-refractivity contribution is 0.00164. The summed E-state index contributed by atoms with van der Waals surface area (Å²) in [6.45, 7) is 2.14. The molecule has 0 fully saturated rings. The van der Waals surface area contributed by atoms with E-state index in [1.54, 1.807) is 26.2 Å². The summed E-state index contributed by atoms with van der Waals surface area (Å²) in [5.41, 5.74) is 0.600. The summed E-state index contributed by atoms with van der Waals surface area (Å²) in [5.74, 6) is 5.57. The predicted octanol–water partition coefficient (Wildman–Crippen LogP) is 1.43. The lowest BCUT2D eigenvalue weighted by Gasteiger charge is -2.22. The number of hydrogen-bond donors (Lipinski definition) is 0. The summed E-state index contributed by atoms with van der Waals surface area (Å²) >= 11 is 0. The number of rotatable bonds is 3. The molecule has 0 heterocycles. The zero-order valence-electron chi connectivity index (χ0n) is 8.86. The molecule has 1 aliphatic rings. The Morgan fingerprint density at radius 1 is 1.47 bits per heavy atom. The topological polar surface area (TPSA) is 42.2 Å². The van der Waals surface area contributed by atoms with E-state index in [4.69, 9.17) is 14.7 Å². The van der Waals surface area contributed by atoms with Gasteiger partial charge in [0, 0.05) is 7.11 Å². The molecule has 0 radical (unpaired) electrons. The molecule has 1 aliphatic carbocycles. The molecular weight excluding hydrogens is 190 g/mol. The van der Waals surface area contributed by atoms with Crippen molar-refractivity contribution in [3.05, 3.63) is 23.8 Å². The van der Waals surface area contributed by atoms with Gasteiger partial charge in [0.15, 0.2) is 0 Å². The number of methoxy groups -OCH3 is 1. The van der Waals surface area contributed by atoms with Crippen LogP contribution in [0.1, 0.15) is 6.92 Å². The molecule has 0 saturated carbocycles. The Morgan fingerprint density at radius 2 is 2.27 bits per heavy atom. The van der Waals surface area contributed by atoms with Crippen LogP contribution in [0.2, 0.25) is 0 Å². The number of hydrogen-bond acceptors (Lipinski definition) is 3. The van der Waals surface area contributed by atoms with Crippen LogP contribution in [0, 0.1) is 23.2 Å². The summed E-state index contributed by atoms with van der Waals surface area (Å²) < 4.78 is 10.7. The molecule has 3 nitrogen and oxygen atoms in total. The van der Waals surface area contributed by atoms with Gasteiger partial charge in [-0.15, -0.1) is 5.92 Å². The molecule has 0 amide bonds. The van der Waals surface area contributed by atoms with Gasteiger partial charge in [-0.3, -0.25) is 0 Å². The fourth-order valence-electron chi connectivity index (χ4n) is 1.27. The second kappa shape index (κ2) is 6.03.